The fourth-order valence-corrected chi connectivity index (χ4v) is 3.02. The van der Waals surface area contributed by atoms with Crippen LogP contribution in [0.2, 0.25) is 0 Å². The number of benzene rings is 2. The molecule has 0 saturated carbocycles. The maximum absolute atomic E-state index is 4.89. The van der Waals surface area contributed by atoms with Crippen molar-refractivity contribution in [3.63, 3.8) is 0 Å². The predicted octanol–water partition coefficient (Wildman–Crippen LogP) is 7.58. The molecular weight excluding hydrogens is 375 g/mol. The first-order chi connectivity index (χ1) is 11.3. The molecule has 0 aliphatic heterocycles. The Kier molecular flexibility index (Phi) is 9.22. The van der Waals surface area contributed by atoms with E-state index in [1.807, 2.05) is 0 Å². The van der Waals surface area contributed by atoms with Gasteiger partial charge in [-0.3, -0.25) is 0 Å². The molecule has 2 rings (SSSR count). The third kappa shape index (κ3) is 6.33. The van der Waals surface area contributed by atoms with Crippen LogP contribution in [0.25, 0.3) is 10.6 Å². The van der Waals surface area contributed by atoms with Gasteiger partial charge in [0.15, 0.2) is 0 Å². The van der Waals surface area contributed by atoms with Gasteiger partial charge in [0.25, 0.3) is 0 Å². The zero-order chi connectivity index (χ0) is 18.3. The van der Waals surface area contributed by atoms with Crippen LogP contribution in [0.3, 0.4) is 0 Å². The van der Waals surface area contributed by atoms with E-state index in [-0.39, 0.29) is 0 Å². The number of rotatable bonds is 4. The molecule has 2 aromatic rings. The van der Waals surface area contributed by atoms with Gasteiger partial charge in [-0.2, -0.15) is 0 Å². The molecule has 0 heterocycles. The zero-order valence-corrected chi connectivity index (χ0v) is 18.2. The minimum absolute atomic E-state index is 0.482. The van der Waals surface area contributed by atoms with Gasteiger partial charge in [0.2, 0.25) is 0 Å². The summed E-state index contributed by atoms with van der Waals surface area (Å²) in [5.41, 5.74) is 9.61. The molecule has 2 aromatic carbocycles. The van der Waals surface area contributed by atoms with Crippen molar-refractivity contribution in [1.82, 2.24) is 0 Å². The minimum atomic E-state index is -0.556. The van der Waals surface area contributed by atoms with Crippen LogP contribution in [-0.2, 0) is 17.0 Å². The SMILES string of the molecule is Cc1cc(C)c([N-]C[N-]c2c(C)cc(C)cc2C)c(C)c1.[Cl][Ti][Cl]. The zero-order valence-electron chi connectivity index (χ0n) is 15.2. The molecule has 0 aliphatic carbocycles. The van der Waals surface area contributed by atoms with E-state index in [1.165, 1.54) is 33.4 Å². The van der Waals surface area contributed by atoms with Gasteiger partial charge < -0.3 is 10.6 Å². The first-order valence-corrected chi connectivity index (χ1v) is 12.1. The summed E-state index contributed by atoms with van der Waals surface area (Å²) in [7, 11) is 9.78. The second-order valence-corrected chi connectivity index (χ2v) is 8.60. The van der Waals surface area contributed by atoms with Crippen LogP contribution < -0.4 is 0 Å². The molecule has 24 heavy (non-hydrogen) atoms. The first-order valence-electron chi connectivity index (χ1n) is 7.77. The van der Waals surface area contributed by atoms with Gasteiger partial charge in [-0.05, 0) is 41.5 Å². The van der Waals surface area contributed by atoms with E-state index in [9.17, 15) is 0 Å². The standard InChI is InChI=1S/C19H24N2.2ClH.Ti/c1-12-7-14(3)18(15(4)8-12)20-11-21-19-16(5)9-13(2)10-17(19)6;;;/h7-10H,11H2,1-6H3;2*1H;/q-2;;;+2/p-2. The fraction of sp³-hybridized carbons (Fsp3) is 0.368. The van der Waals surface area contributed by atoms with Crippen LogP contribution in [0.5, 0.6) is 0 Å². The monoisotopic (exact) mass is 398 g/mol. The molecule has 0 spiro atoms. The van der Waals surface area contributed by atoms with Crippen molar-refractivity contribution in [2.75, 3.05) is 6.67 Å². The van der Waals surface area contributed by atoms with E-state index in [2.05, 4.69) is 76.4 Å². The Morgan fingerprint density at radius 1 is 0.667 bits per heavy atom. The Morgan fingerprint density at radius 3 is 1.17 bits per heavy atom. The Hall–Kier alpha value is -0.666. The van der Waals surface area contributed by atoms with Crippen LogP contribution in [0, 0.1) is 41.5 Å². The second kappa shape index (κ2) is 10.4. The molecular formula is C19H24Cl2N2Ti-2. The van der Waals surface area contributed by atoms with Crippen LogP contribution in [0.4, 0.5) is 11.4 Å². The van der Waals surface area contributed by atoms with Crippen LogP contribution in [0.1, 0.15) is 33.4 Å². The van der Waals surface area contributed by atoms with Gasteiger partial charge in [-0.15, -0.1) is 11.4 Å². The Balaban J connectivity index is 0.000000891. The molecule has 0 saturated heterocycles. The van der Waals surface area contributed by atoms with E-state index < -0.39 is 17.0 Å². The molecule has 0 radical (unpaired) electrons. The predicted molar refractivity (Wildman–Crippen MR) is 104 cm³/mol. The summed E-state index contributed by atoms with van der Waals surface area (Å²) in [6, 6.07) is 8.70. The summed E-state index contributed by atoms with van der Waals surface area (Å²) in [5.74, 6) is 0. The van der Waals surface area contributed by atoms with Crippen LogP contribution in [-0.4, -0.2) is 6.67 Å². The van der Waals surface area contributed by atoms with Gasteiger partial charge in [0.05, 0.1) is 0 Å². The number of hydrogen-bond donors (Lipinski definition) is 0. The molecule has 130 valence electrons. The molecule has 0 N–H and O–H groups in total. The summed E-state index contributed by atoms with van der Waals surface area (Å²) in [6.07, 6.45) is 0. The third-order valence-electron chi connectivity index (χ3n) is 3.73. The number of nitrogens with zero attached hydrogens (tertiary/aromatic N) is 2. The summed E-state index contributed by atoms with van der Waals surface area (Å²) < 4.78 is 0. The van der Waals surface area contributed by atoms with Crippen molar-refractivity contribution in [1.29, 1.82) is 0 Å². The summed E-state index contributed by atoms with van der Waals surface area (Å²) in [6.45, 7) is 13.2. The topological polar surface area (TPSA) is 28.2 Å². The van der Waals surface area contributed by atoms with Gasteiger partial charge in [-0.25, -0.2) is 6.67 Å². The molecule has 0 aliphatic rings. The number of aryl methyl sites for hydroxylation is 6. The van der Waals surface area contributed by atoms with Crippen molar-refractivity contribution in [3.8, 4) is 0 Å². The van der Waals surface area contributed by atoms with Crippen molar-refractivity contribution in [2.45, 2.75) is 41.5 Å². The van der Waals surface area contributed by atoms with Crippen LogP contribution >= 0.6 is 18.6 Å². The van der Waals surface area contributed by atoms with E-state index in [4.69, 9.17) is 18.6 Å². The normalized spacial score (nSPS) is 9.83. The average Bonchev–Trinajstić information content (AvgIpc) is 2.44. The van der Waals surface area contributed by atoms with E-state index in [0.29, 0.717) is 6.67 Å². The number of hydrogen-bond acceptors (Lipinski definition) is 0. The van der Waals surface area contributed by atoms with Gasteiger partial charge in [-0.1, -0.05) is 57.6 Å². The molecule has 0 amide bonds. The average molecular weight is 399 g/mol. The van der Waals surface area contributed by atoms with Crippen LogP contribution in [0.15, 0.2) is 24.3 Å². The molecule has 0 unspecified atom stereocenters. The third-order valence-corrected chi connectivity index (χ3v) is 3.73. The molecule has 5 heteroatoms. The molecule has 0 fully saturated rings. The molecule has 0 aromatic heterocycles. The summed E-state index contributed by atoms with van der Waals surface area (Å²) in [4.78, 5) is 0. The Labute approximate surface area is 163 Å². The number of halogens is 2. The summed E-state index contributed by atoms with van der Waals surface area (Å²) in [5, 5.41) is 9.36. The first kappa shape index (κ1) is 21.4. The van der Waals surface area contributed by atoms with Crippen molar-refractivity contribution < 1.29 is 17.0 Å². The molecule has 2 nitrogen and oxygen atoms in total. The summed E-state index contributed by atoms with van der Waals surface area (Å²) >= 11 is -0.556. The van der Waals surface area contributed by atoms with Crippen molar-refractivity contribution in [2.24, 2.45) is 0 Å². The van der Waals surface area contributed by atoms with Gasteiger partial charge >= 0.3 is 35.6 Å². The molecule has 0 atom stereocenters. The quantitative estimate of drug-likeness (QED) is 0.474. The maximum atomic E-state index is 4.89. The fourth-order valence-electron chi connectivity index (χ4n) is 3.02. The van der Waals surface area contributed by atoms with Gasteiger partial charge in [0, 0.05) is 0 Å². The van der Waals surface area contributed by atoms with E-state index in [0.717, 1.165) is 11.4 Å². The Morgan fingerprint density at radius 2 is 0.917 bits per heavy atom. The second-order valence-electron chi connectivity index (χ2n) is 6.02. The van der Waals surface area contributed by atoms with Crippen molar-refractivity contribution in [3.05, 3.63) is 68.3 Å². The molecule has 0 bridgehead atoms. The van der Waals surface area contributed by atoms with E-state index >= 15 is 0 Å². The van der Waals surface area contributed by atoms with E-state index in [1.54, 1.807) is 0 Å². The Bertz CT molecular complexity index is 584. The van der Waals surface area contributed by atoms with Gasteiger partial charge in [0.1, 0.15) is 0 Å². The van der Waals surface area contributed by atoms with Crippen molar-refractivity contribution >= 4 is 30.0 Å².